The molecule has 1 aromatic rings. The summed E-state index contributed by atoms with van der Waals surface area (Å²) in [5, 5.41) is 13.0. The fourth-order valence-electron chi connectivity index (χ4n) is 2.32. The Balaban J connectivity index is 1.90. The summed E-state index contributed by atoms with van der Waals surface area (Å²) in [6.07, 6.45) is 4.15. The number of likely N-dealkylation sites (N-methyl/N-ethyl adjacent to an activating group) is 1. The molecule has 21 heavy (non-hydrogen) atoms. The van der Waals surface area contributed by atoms with Gasteiger partial charge in [0.1, 0.15) is 0 Å². The largest absolute Gasteiger partial charge is 0.481 e. The summed E-state index contributed by atoms with van der Waals surface area (Å²) in [6, 6.07) is 1.78. The molecule has 8 nitrogen and oxygen atoms in total. The van der Waals surface area contributed by atoms with Crippen LogP contribution in [0, 0.1) is 5.92 Å². The van der Waals surface area contributed by atoms with E-state index >= 15 is 0 Å². The Bertz CT molecular complexity index is 564. The van der Waals surface area contributed by atoms with Gasteiger partial charge in [-0.3, -0.25) is 9.48 Å². The number of carboxylic acid groups (broad SMARTS) is 1. The molecule has 2 rings (SSSR count). The first-order valence-electron chi connectivity index (χ1n) is 6.83. The van der Waals surface area contributed by atoms with Crippen LogP contribution in [-0.4, -0.2) is 64.6 Å². The van der Waals surface area contributed by atoms with Gasteiger partial charge in [0.25, 0.3) is 10.2 Å². The molecular formula is C12H20N4O4S. The normalized spacial score (nSPS) is 18.2. The Morgan fingerprint density at radius 2 is 2.10 bits per heavy atom. The minimum atomic E-state index is -3.53. The monoisotopic (exact) mass is 316 g/mol. The Morgan fingerprint density at radius 1 is 1.43 bits per heavy atom. The van der Waals surface area contributed by atoms with Crippen molar-refractivity contribution in [3.05, 3.63) is 18.5 Å². The molecule has 0 aromatic carbocycles. The van der Waals surface area contributed by atoms with E-state index in [4.69, 9.17) is 5.11 Å². The van der Waals surface area contributed by atoms with Crippen LogP contribution in [0.5, 0.6) is 0 Å². The first-order valence-corrected chi connectivity index (χ1v) is 8.22. The third kappa shape index (κ3) is 3.80. The Hall–Kier alpha value is -1.45. The van der Waals surface area contributed by atoms with Crippen LogP contribution in [0.4, 0.5) is 0 Å². The zero-order chi connectivity index (χ0) is 15.5. The highest BCUT2D eigenvalue weighted by molar-refractivity contribution is 7.86. The van der Waals surface area contributed by atoms with E-state index in [1.165, 1.54) is 15.7 Å². The molecule has 0 amide bonds. The summed E-state index contributed by atoms with van der Waals surface area (Å²) in [5.74, 6) is -1.29. The second-order valence-electron chi connectivity index (χ2n) is 5.11. The van der Waals surface area contributed by atoms with E-state index in [1.54, 1.807) is 23.1 Å². The van der Waals surface area contributed by atoms with Crippen molar-refractivity contribution in [2.45, 2.75) is 19.4 Å². The molecule has 0 saturated carbocycles. The summed E-state index contributed by atoms with van der Waals surface area (Å²) in [4.78, 5) is 10.9. The maximum absolute atomic E-state index is 12.4. The molecule has 1 aliphatic rings. The minimum Gasteiger partial charge on any atom is -0.481 e. The number of rotatable bonds is 6. The Morgan fingerprint density at radius 3 is 2.62 bits per heavy atom. The first-order chi connectivity index (χ1) is 9.91. The highest BCUT2D eigenvalue weighted by atomic mass is 32.2. The molecule has 0 radical (unpaired) electrons. The van der Waals surface area contributed by atoms with E-state index in [0.717, 1.165) is 0 Å². The summed E-state index contributed by atoms with van der Waals surface area (Å²) >= 11 is 0. The fourth-order valence-corrected chi connectivity index (χ4v) is 3.70. The molecule has 0 aliphatic carbocycles. The average molecular weight is 316 g/mol. The number of nitrogens with zero attached hydrogens (tertiary/aromatic N) is 4. The van der Waals surface area contributed by atoms with E-state index in [2.05, 4.69) is 5.10 Å². The third-order valence-electron chi connectivity index (χ3n) is 3.73. The highest BCUT2D eigenvalue weighted by Crippen LogP contribution is 2.20. The number of aromatic nitrogens is 2. The van der Waals surface area contributed by atoms with Crippen LogP contribution in [0.3, 0.4) is 0 Å². The molecule has 0 bridgehead atoms. The smallest absolute Gasteiger partial charge is 0.306 e. The molecule has 1 saturated heterocycles. The van der Waals surface area contributed by atoms with Crippen molar-refractivity contribution >= 4 is 16.2 Å². The molecule has 0 atom stereocenters. The van der Waals surface area contributed by atoms with E-state index < -0.39 is 22.1 Å². The highest BCUT2D eigenvalue weighted by Gasteiger charge is 2.33. The molecule has 2 heterocycles. The van der Waals surface area contributed by atoms with Crippen molar-refractivity contribution in [2.75, 3.05) is 26.7 Å². The van der Waals surface area contributed by atoms with Gasteiger partial charge in [0.2, 0.25) is 0 Å². The lowest BCUT2D eigenvalue weighted by atomic mass is 9.99. The predicted molar refractivity (Wildman–Crippen MR) is 75.7 cm³/mol. The lowest BCUT2D eigenvalue weighted by Crippen LogP contribution is -2.47. The molecular weight excluding hydrogens is 296 g/mol. The molecule has 1 N–H and O–H groups in total. The molecule has 1 aliphatic heterocycles. The molecule has 0 spiro atoms. The average Bonchev–Trinajstić information content (AvgIpc) is 2.98. The van der Waals surface area contributed by atoms with Crippen LogP contribution in [0.25, 0.3) is 0 Å². The topological polar surface area (TPSA) is 95.7 Å². The minimum absolute atomic E-state index is 0.255. The first kappa shape index (κ1) is 15.9. The SMILES string of the molecule is CN(CCn1cccn1)S(=O)(=O)N1CCC(C(=O)O)CC1. The van der Waals surface area contributed by atoms with Crippen LogP contribution in [-0.2, 0) is 21.5 Å². The van der Waals surface area contributed by atoms with Gasteiger partial charge in [0.15, 0.2) is 0 Å². The second kappa shape index (κ2) is 6.54. The number of aliphatic carboxylic acids is 1. The zero-order valence-electron chi connectivity index (χ0n) is 11.9. The molecule has 1 fully saturated rings. The fraction of sp³-hybridized carbons (Fsp3) is 0.667. The van der Waals surface area contributed by atoms with E-state index in [-0.39, 0.29) is 13.1 Å². The van der Waals surface area contributed by atoms with Crippen molar-refractivity contribution in [3.63, 3.8) is 0 Å². The molecule has 0 unspecified atom stereocenters. The van der Waals surface area contributed by atoms with Crippen molar-refractivity contribution in [1.29, 1.82) is 0 Å². The van der Waals surface area contributed by atoms with Crippen LogP contribution < -0.4 is 0 Å². The van der Waals surface area contributed by atoms with Crippen LogP contribution in [0.15, 0.2) is 18.5 Å². The van der Waals surface area contributed by atoms with Gasteiger partial charge in [0, 0.05) is 39.1 Å². The van der Waals surface area contributed by atoms with Gasteiger partial charge in [-0.1, -0.05) is 0 Å². The summed E-state index contributed by atoms with van der Waals surface area (Å²) in [6.45, 7) is 1.31. The summed E-state index contributed by atoms with van der Waals surface area (Å²) < 4.78 is 29.1. The van der Waals surface area contributed by atoms with Crippen molar-refractivity contribution in [1.82, 2.24) is 18.4 Å². The maximum Gasteiger partial charge on any atom is 0.306 e. The van der Waals surface area contributed by atoms with Crippen LogP contribution >= 0.6 is 0 Å². The van der Waals surface area contributed by atoms with Crippen molar-refractivity contribution in [2.24, 2.45) is 5.92 Å². The van der Waals surface area contributed by atoms with Gasteiger partial charge in [-0.25, -0.2) is 0 Å². The van der Waals surface area contributed by atoms with Crippen molar-refractivity contribution < 1.29 is 18.3 Å². The van der Waals surface area contributed by atoms with Gasteiger partial charge in [-0.2, -0.15) is 22.1 Å². The summed E-state index contributed by atoms with van der Waals surface area (Å²) in [5.41, 5.74) is 0. The van der Waals surface area contributed by atoms with Crippen molar-refractivity contribution in [3.8, 4) is 0 Å². The molecule has 118 valence electrons. The quantitative estimate of drug-likeness (QED) is 0.788. The Labute approximate surface area is 124 Å². The standard InChI is InChI=1S/C12H20N4O4S/c1-14(9-10-15-6-2-5-13-15)21(19,20)16-7-3-11(4-8-16)12(17)18/h2,5-6,11H,3-4,7-10H2,1H3,(H,17,18). The predicted octanol–water partition coefficient (Wildman–Crippen LogP) is -0.144. The van der Waals surface area contributed by atoms with Gasteiger partial charge in [-0.15, -0.1) is 0 Å². The second-order valence-corrected chi connectivity index (χ2v) is 7.15. The van der Waals surface area contributed by atoms with Gasteiger partial charge < -0.3 is 5.11 Å². The Kier molecular flexibility index (Phi) is 4.96. The van der Waals surface area contributed by atoms with Crippen LogP contribution in [0.2, 0.25) is 0 Å². The number of carbonyl (C=O) groups is 1. The number of carboxylic acids is 1. The zero-order valence-corrected chi connectivity index (χ0v) is 12.7. The molecule has 9 heteroatoms. The van der Waals surface area contributed by atoms with Gasteiger partial charge >= 0.3 is 5.97 Å². The molecule has 1 aromatic heterocycles. The van der Waals surface area contributed by atoms with E-state index in [1.807, 2.05) is 0 Å². The van der Waals surface area contributed by atoms with E-state index in [9.17, 15) is 13.2 Å². The summed E-state index contributed by atoms with van der Waals surface area (Å²) in [7, 11) is -2.00. The van der Waals surface area contributed by atoms with E-state index in [0.29, 0.717) is 25.9 Å². The maximum atomic E-state index is 12.4. The van der Waals surface area contributed by atoms with Crippen LogP contribution in [0.1, 0.15) is 12.8 Å². The number of hydrogen-bond acceptors (Lipinski definition) is 4. The third-order valence-corrected chi connectivity index (χ3v) is 5.71. The lowest BCUT2D eigenvalue weighted by Gasteiger charge is -2.32. The number of piperidine rings is 1. The van der Waals surface area contributed by atoms with Gasteiger partial charge in [0.05, 0.1) is 12.5 Å². The van der Waals surface area contributed by atoms with Gasteiger partial charge in [-0.05, 0) is 18.9 Å². The number of hydrogen-bond donors (Lipinski definition) is 1. The lowest BCUT2D eigenvalue weighted by molar-refractivity contribution is -0.142.